The minimum absolute atomic E-state index is 0.109. The minimum Gasteiger partial charge on any atom is -0.321 e. The SMILES string of the molecule is NS(=O)(=O)c1cccc(NC(=O)c2nn(-c3ccccc3)c(-c3ccccc3)c2C(=O)c2ccccc2)c1. The van der Waals surface area contributed by atoms with Gasteiger partial charge in [0.15, 0.2) is 11.5 Å². The van der Waals surface area contributed by atoms with Gasteiger partial charge in [-0.3, -0.25) is 9.59 Å². The Balaban J connectivity index is 1.72. The van der Waals surface area contributed by atoms with Crippen LogP contribution in [0.5, 0.6) is 0 Å². The van der Waals surface area contributed by atoms with Crippen molar-refractivity contribution >= 4 is 27.4 Å². The number of nitrogens with zero attached hydrogens (tertiary/aromatic N) is 2. The maximum atomic E-state index is 13.9. The molecule has 4 aromatic carbocycles. The van der Waals surface area contributed by atoms with Gasteiger partial charge in [-0.1, -0.05) is 84.9 Å². The first kappa shape index (κ1) is 24.8. The van der Waals surface area contributed by atoms with Crippen LogP contribution >= 0.6 is 0 Å². The lowest BCUT2D eigenvalue weighted by molar-refractivity contribution is 0.0993. The predicted octanol–water partition coefficient (Wildman–Crippen LogP) is 4.67. The summed E-state index contributed by atoms with van der Waals surface area (Å²) in [6.07, 6.45) is 0. The maximum Gasteiger partial charge on any atom is 0.276 e. The molecule has 0 unspecified atom stereocenters. The van der Waals surface area contributed by atoms with Gasteiger partial charge in [0.25, 0.3) is 5.91 Å². The van der Waals surface area contributed by atoms with Crippen molar-refractivity contribution in [2.45, 2.75) is 4.90 Å². The number of carbonyl (C=O) groups excluding carboxylic acids is 2. The third-order valence-corrected chi connectivity index (χ3v) is 6.74. The molecule has 0 bridgehead atoms. The van der Waals surface area contributed by atoms with E-state index < -0.39 is 15.9 Å². The van der Waals surface area contributed by atoms with Gasteiger partial charge in [0.05, 0.1) is 21.8 Å². The first-order valence-corrected chi connectivity index (χ1v) is 13.2. The molecule has 0 saturated carbocycles. The summed E-state index contributed by atoms with van der Waals surface area (Å²) >= 11 is 0. The third kappa shape index (κ3) is 5.01. The highest BCUT2D eigenvalue weighted by molar-refractivity contribution is 7.89. The number of nitrogens with one attached hydrogen (secondary N) is 1. The molecule has 0 spiro atoms. The van der Waals surface area contributed by atoms with Crippen LogP contribution in [0.15, 0.2) is 120 Å². The molecule has 0 aliphatic rings. The maximum absolute atomic E-state index is 13.9. The van der Waals surface area contributed by atoms with Crippen molar-refractivity contribution in [3.05, 3.63) is 132 Å². The molecule has 0 aliphatic heterocycles. The monoisotopic (exact) mass is 522 g/mol. The van der Waals surface area contributed by atoms with Gasteiger partial charge in [-0.15, -0.1) is 0 Å². The Morgan fingerprint density at radius 2 is 1.37 bits per heavy atom. The number of carbonyl (C=O) groups is 2. The molecule has 5 aromatic rings. The number of anilines is 1. The predicted molar refractivity (Wildman–Crippen MR) is 145 cm³/mol. The summed E-state index contributed by atoms with van der Waals surface area (Å²) in [6, 6.07) is 32.6. The summed E-state index contributed by atoms with van der Waals surface area (Å²) in [6.45, 7) is 0. The van der Waals surface area contributed by atoms with Gasteiger partial charge < -0.3 is 5.32 Å². The molecule has 9 heteroatoms. The summed E-state index contributed by atoms with van der Waals surface area (Å²) in [4.78, 5) is 27.4. The summed E-state index contributed by atoms with van der Waals surface area (Å²) < 4.78 is 25.2. The molecule has 1 heterocycles. The quantitative estimate of drug-likeness (QED) is 0.301. The Hall–Kier alpha value is -4.86. The van der Waals surface area contributed by atoms with Crippen molar-refractivity contribution in [2.75, 3.05) is 5.32 Å². The van der Waals surface area contributed by atoms with Crippen LogP contribution in [0.3, 0.4) is 0 Å². The van der Waals surface area contributed by atoms with Crippen LogP contribution < -0.4 is 10.5 Å². The lowest BCUT2D eigenvalue weighted by Crippen LogP contribution is -2.18. The van der Waals surface area contributed by atoms with E-state index in [0.29, 0.717) is 22.5 Å². The van der Waals surface area contributed by atoms with E-state index in [1.165, 1.54) is 24.3 Å². The Labute approximate surface area is 219 Å². The Bertz CT molecular complexity index is 1730. The first-order valence-electron chi connectivity index (χ1n) is 11.6. The zero-order chi connectivity index (χ0) is 26.7. The van der Waals surface area contributed by atoms with Crippen molar-refractivity contribution in [1.82, 2.24) is 9.78 Å². The van der Waals surface area contributed by atoms with Gasteiger partial charge in [0, 0.05) is 16.8 Å². The van der Waals surface area contributed by atoms with E-state index in [0.717, 1.165) is 0 Å². The molecule has 188 valence electrons. The van der Waals surface area contributed by atoms with Crippen molar-refractivity contribution in [3.63, 3.8) is 0 Å². The second kappa shape index (κ2) is 10.3. The number of primary sulfonamides is 1. The molecule has 38 heavy (non-hydrogen) atoms. The number of ketones is 1. The van der Waals surface area contributed by atoms with Gasteiger partial charge in [-0.25, -0.2) is 18.2 Å². The second-order valence-electron chi connectivity index (χ2n) is 8.41. The highest BCUT2D eigenvalue weighted by atomic mass is 32.2. The van der Waals surface area contributed by atoms with Crippen molar-refractivity contribution in [1.29, 1.82) is 0 Å². The molecule has 5 rings (SSSR count). The van der Waals surface area contributed by atoms with Gasteiger partial charge in [0.1, 0.15) is 0 Å². The first-order chi connectivity index (χ1) is 18.3. The largest absolute Gasteiger partial charge is 0.321 e. The van der Waals surface area contributed by atoms with E-state index in [4.69, 9.17) is 5.14 Å². The molecule has 0 radical (unpaired) electrons. The highest BCUT2D eigenvalue weighted by Crippen LogP contribution is 2.32. The lowest BCUT2D eigenvalue weighted by Gasteiger charge is -2.10. The van der Waals surface area contributed by atoms with Gasteiger partial charge in [0.2, 0.25) is 10.0 Å². The lowest BCUT2D eigenvalue weighted by atomic mass is 9.97. The van der Waals surface area contributed by atoms with Crippen LogP contribution in [0.4, 0.5) is 5.69 Å². The van der Waals surface area contributed by atoms with Crippen LogP contribution in [0, 0.1) is 0 Å². The third-order valence-electron chi connectivity index (χ3n) is 5.83. The molecule has 0 aliphatic carbocycles. The number of aromatic nitrogens is 2. The average molecular weight is 523 g/mol. The van der Waals surface area contributed by atoms with Crippen molar-refractivity contribution < 1.29 is 18.0 Å². The van der Waals surface area contributed by atoms with Crippen LogP contribution in [-0.2, 0) is 10.0 Å². The normalized spacial score (nSPS) is 11.2. The molecule has 0 fully saturated rings. The molecular weight excluding hydrogens is 500 g/mol. The second-order valence-corrected chi connectivity index (χ2v) is 9.97. The fraction of sp³-hybridized carbons (Fsp3) is 0. The molecule has 0 atom stereocenters. The summed E-state index contributed by atoms with van der Waals surface area (Å²) in [5, 5.41) is 12.5. The number of nitrogens with two attached hydrogens (primary N) is 1. The van der Waals surface area contributed by atoms with Gasteiger partial charge in [-0.05, 0) is 30.3 Å². The standard InChI is InChI=1S/C29H22N4O4S/c30-38(36,37)24-18-10-15-22(19-24)31-29(35)26-25(28(34)21-13-6-2-7-14-21)27(20-11-4-1-5-12-20)33(32-26)23-16-8-3-9-17-23/h1-19H,(H,31,35)(H2,30,36,37). The van der Waals surface area contributed by atoms with Crippen LogP contribution in [0.2, 0.25) is 0 Å². The number of para-hydroxylation sites is 1. The fourth-order valence-corrected chi connectivity index (χ4v) is 4.65. The van der Waals surface area contributed by atoms with E-state index in [1.54, 1.807) is 35.0 Å². The molecular formula is C29H22N4O4S. The zero-order valence-corrected chi connectivity index (χ0v) is 20.8. The molecule has 3 N–H and O–H groups in total. The molecule has 1 aromatic heterocycles. The number of rotatable bonds is 7. The van der Waals surface area contributed by atoms with Gasteiger partial charge in [-0.2, -0.15) is 5.10 Å². The fourth-order valence-electron chi connectivity index (χ4n) is 4.09. The van der Waals surface area contributed by atoms with Crippen LogP contribution in [0.25, 0.3) is 16.9 Å². The Morgan fingerprint density at radius 3 is 2.00 bits per heavy atom. The molecule has 0 saturated heterocycles. The number of hydrogen-bond acceptors (Lipinski definition) is 5. The van der Waals surface area contributed by atoms with E-state index >= 15 is 0 Å². The van der Waals surface area contributed by atoms with E-state index in [2.05, 4.69) is 10.4 Å². The van der Waals surface area contributed by atoms with Crippen molar-refractivity contribution in [3.8, 4) is 16.9 Å². The Kier molecular flexibility index (Phi) is 6.69. The summed E-state index contributed by atoms with van der Waals surface area (Å²) in [7, 11) is -3.98. The number of sulfonamides is 1. The average Bonchev–Trinajstić information content (AvgIpc) is 3.35. The van der Waals surface area contributed by atoms with Crippen LogP contribution in [-0.4, -0.2) is 29.9 Å². The topological polar surface area (TPSA) is 124 Å². The molecule has 8 nitrogen and oxygen atoms in total. The highest BCUT2D eigenvalue weighted by Gasteiger charge is 2.30. The van der Waals surface area contributed by atoms with E-state index in [-0.39, 0.29) is 27.6 Å². The van der Waals surface area contributed by atoms with Crippen molar-refractivity contribution in [2.24, 2.45) is 5.14 Å². The summed E-state index contributed by atoms with van der Waals surface area (Å²) in [5.41, 5.74) is 2.39. The number of hydrogen-bond donors (Lipinski definition) is 2. The smallest absolute Gasteiger partial charge is 0.276 e. The van der Waals surface area contributed by atoms with Crippen LogP contribution in [0.1, 0.15) is 26.4 Å². The summed E-state index contributed by atoms with van der Waals surface area (Å²) in [5.74, 6) is -1.06. The Morgan fingerprint density at radius 1 is 0.763 bits per heavy atom. The number of benzene rings is 4. The zero-order valence-electron chi connectivity index (χ0n) is 20.0. The molecule has 1 amide bonds. The van der Waals surface area contributed by atoms with E-state index in [1.807, 2.05) is 60.7 Å². The minimum atomic E-state index is -3.98. The van der Waals surface area contributed by atoms with Gasteiger partial charge >= 0.3 is 0 Å². The van der Waals surface area contributed by atoms with E-state index in [9.17, 15) is 18.0 Å². The number of amides is 1.